The molecule has 0 spiro atoms. The highest BCUT2D eigenvalue weighted by atomic mass is 35.5. The van der Waals surface area contributed by atoms with Crippen molar-refractivity contribution in [3.63, 3.8) is 0 Å². The maximum Gasteiger partial charge on any atom is 0.266 e. The third-order valence-corrected chi connectivity index (χ3v) is 6.36. The number of carbonyl (C=O) groups excluding carboxylic acids is 2. The van der Waals surface area contributed by atoms with Crippen LogP contribution >= 0.6 is 23.4 Å². The van der Waals surface area contributed by atoms with Crippen LogP contribution in [-0.2, 0) is 9.53 Å². The molecule has 0 unspecified atom stereocenters. The highest BCUT2D eigenvalue weighted by Crippen LogP contribution is 2.35. The number of benzene rings is 2. The molecular weight excluding hydrogens is 434 g/mol. The second kappa shape index (κ2) is 9.68. The maximum atomic E-state index is 12.9. The number of carbonyl (C=O) groups is 2. The van der Waals surface area contributed by atoms with Gasteiger partial charge in [-0.25, -0.2) is 4.99 Å². The van der Waals surface area contributed by atoms with Crippen molar-refractivity contribution in [1.82, 2.24) is 9.80 Å². The number of hydrogen-bond acceptors (Lipinski definition) is 5. The lowest BCUT2D eigenvalue weighted by Crippen LogP contribution is -2.40. The molecule has 31 heavy (non-hydrogen) atoms. The van der Waals surface area contributed by atoms with E-state index in [-0.39, 0.29) is 11.8 Å². The first-order chi connectivity index (χ1) is 15.1. The van der Waals surface area contributed by atoms with Gasteiger partial charge < -0.3 is 9.64 Å². The molecule has 8 heteroatoms. The van der Waals surface area contributed by atoms with Gasteiger partial charge in [0.1, 0.15) is 0 Å². The van der Waals surface area contributed by atoms with Crippen molar-refractivity contribution in [3.8, 4) is 0 Å². The van der Waals surface area contributed by atoms with Crippen LogP contribution in [0.5, 0.6) is 0 Å². The van der Waals surface area contributed by atoms with Crippen LogP contribution in [0.15, 0.2) is 58.4 Å². The number of aliphatic imine (C=N–C) groups is 1. The summed E-state index contributed by atoms with van der Waals surface area (Å²) in [5, 5.41) is 1.17. The summed E-state index contributed by atoms with van der Waals surface area (Å²) in [4.78, 5) is 34.3. The van der Waals surface area contributed by atoms with Gasteiger partial charge in [0.15, 0.2) is 5.17 Å². The van der Waals surface area contributed by atoms with E-state index >= 15 is 0 Å². The normalized spacial score (nSPS) is 19.5. The van der Waals surface area contributed by atoms with Crippen molar-refractivity contribution < 1.29 is 14.3 Å². The van der Waals surface area contributed by atoms with Gasteiger partial charge in [-0.15, -0.1) is 0 Å². The fraction of sp³-hybridized carbons (Fsp3) is 0.261. The molecule has 0 saturated carbocycles. The lowest BCUT2D eigenvalue weighted by molar-refractivity contribution is -0.122. The van der Waals surface area contributed by atoms with E-state index in [2.05, 4.69) is 4.99 Å². The Morgan fingerprint density at radius 1 is 1.19 bits per heavy atom. The van der Waals surface area contributed by atoms with Crippen LogP contribution in [0.4, 0.5) is 5.69 Å². The number of likely N-dealkylation sites (N-methyl/N-ethyl adjacent to an activating group) is 1. The van der Waals surface area contributed by atoms with Crippen molar-refractivity contribution in [2.24, 2.45) is 4.99 Å². The van der Waals surface area contributed by atoms with Crippen LogP contribution in [0.2, 0.25) is 5.02 Å². The molecule has 0 aliphatic carbocycles. The van der Waals surface area contributed by atoms with Crippen molar-refractivity contribution in [2.45, 2.75) is 6.92 Å². The zero-order valence-corrected chi connectivity index (χ0v) is 18.7. The summed E-state index contributed by atoms with van der Waals surface area (Å²) in [6.07, 6.45) is 1.79. The molecule has 6 nitrogen and oxygen atoms in total. The lowest BCUT2D eigenvalue weighted by Gasteiger charge is -2.26. The average molecular weight is 456 g/mol. The number of halogens is 1. The van der Waals surface area contributed by atoms with Crippen LogP contribution in [0, 0.1) is 0 Å². The lowest BCUT2D eigenvalue weighted by atomic mass is 10.1. The van der Waals surface area contributed by atoms with Crippen LogP contribution < -0.4 is 0 Å². The summed E-state index contributed by atoms with van der Waals surface area (Å²) >= 11 is 7.55. The van der Waals surface area contributed by atoms with Crippen molar-refractivity contribution in [3.05, 3.63) is 69.6 Å². The van der Waals surface area contributed by atoms with Gasteiger partial charge in [0.2, 0.25) is 0 Å². The van der Waals surface area contributed by atoms with Crippen molar-refractivity contribution in [1.29, 1.82) is 0 Å². The number of rotatable bonds is 4. The molecule has 0 bridgehead atoms. The van der Waals surface area contributed by atoms with Crippen LogP contribution in [0.25, 0.3) is 6.08 Å². The SMILES string of the molecule is CCN1C(=O)/C(=C\c2ccccc2Cl)SC1=Nc1cccc(C(=O)N2CCOCC2)c1. The number of ether oxygens (including phenoxy) is 1. The van der Waals surface area contributed by atoms with Gasteiger partial charge >= 0.3 is 0 Å². The van der Waals surface area contributed by atoms with Gasteiger partial charge in [-0.2, -0.15) is 0 Å². The molecule has 2 aliphatic rings. The number of amidine groups is 1. The molecule has 0 aromatic heterocycles. The van der Waals surface area contributed by atoms with E-state index in [9.17, 15) is 9.59 Å². The molecule has 160 valence electrons. The van der Waals surface area contributed by atoms with E-state index in [4.69, 9.17) is 16.3 Å². The number of amides is 2. The average Bonchev–Trinajstić information content (AvgIpc) is 3.09. The molecule has 2 amide bonds. The van der Waals surface area contributed by atoms with Crippen molar-refractivity contribution >= 4 is 52.1 Å². The van der Waals surface area contributed by atoms with E-state index in [0.717, 1.165) is 5.56 Å². The topological polar surface area (TPSA) is 62.2 Å². The Labute approximate surface area is 190 Å². The van der Waals surface area contributed by atoms with E-state index in [1.165, 1.54) is 11.8 Å². The second-order valence-electron chi connectivity index (χ2n) is 7.03. The first-order valence-corrected chi connectivity index (χ1v) is 11.3. The molecule has 0 atom stereocenters. The van der Waals surface area contributed by atoms with Crippen LogP contribution in [0.3, 0.4) is 0 Å². The molecule has 0 N–H and O–H groups in total. The summed E-state index contributed by atoms with van der Waals surface area (Å²) in [5.41, 5.74) is 2.00. The molecule has 2 fully saturated rings. The molecule has 2 aromatic carbocycles. The maximum absolute atomic E-state index is 12.9. The Balaban J connectivity index is 1.60. The van der Waals surface area contributed by atoms with E-state index in [1.807, 2.05) is 37.3 Å². The Kier molecular flexibility index (Phi) is 6.75. The Morgan fingerprint density at radius 3 is 2.71 bits per heavy atom. The summed E-state index contributed by atoms with van der Waals surface area (Å²) < 4.78 is 5.32. The van der Waals surface area contributed by atoms with Crippen LogP contribution in [0.1, 0.15) is 22.8 Å². The molecule has 2 aromatic rings. The summed E-state index contributed by atoms with van der Waals surface area (Å²) in [7, 11) is 0. The highest BCUT2D eigenvalue weighted by molar-refractivity contribution is 8.18. The minimum absolute atomic E-state index is 0.0350. The number of nitrogens with zero attached hydrogens (tertiary/aromatic N) is 3. The monoisotopic (exact) mass is 455 g/mol. The standard InChI is InChI=1S/C23H22ClN3O3S/c1-2-27-22(29)20(15-16-6-3-4-9-19(16)24)31-23(27)25-18-8-5-7-17(14-18)21(28)26-10-12-30-13-11-26/h3-9,14-15H,2,10-13H2,1H3/b20-15+,25-23?. The van der Waals surface area contributed by atoms with Gasteiger partial charge in [-0.1, -0.05) is 35.9 Å². The fourth-order valence-electron chi connectivity index (χ4n) is 3.37. The minimum Gasteiger partial charge on any atom is -0.378 e. The summed E-state index contributed by atoms with van der Waals surface area (Å²) in [6.45, 7) is 4.68. The molecule has 4 rings (SSSR count). The molecule has 2 aliphatic heterocycles. The first kappa shape index (κ1) is 21.6. The number of hydrogen-bond donors (Lipinski definition) is 0. The molecule has 2 heterocycles. The van der Waals surface area contributed by atoms with E-state index in [1.54, 1.807) is 34.1 Å². The zero-order valence-electron chi connectivity index (χ0n) is 17.1. The predicted octanol–water partition coefficient (Wildman–Crippen LogP) is 4.44. The Hall–Kier alpha value is -2.61. The summed E-state index contributed by atoms with van der Waals surface area (Å²) in [6, 6.07) is 14.6. The number of thioether (sulfide) groups is 1. The Bertz CT molecular complexity index is 1060. The quantitative estimate of drug-likeness (QED) is 0.639. The predicted molar refractivity (Wildman–Crippen MR) is 125 cm³/mol. The third kappa shape index (κ3) is 4.84. The second-order valence-corrected chi connectivity index (χ2v) is 8.45. The number of morpholine rings is 1. The van der Waals surface area contributed by atoms with Crippen LogP contribution in [-0.4, -0.2) is 59.6 Å². The first-order valence-electron chi connectivity index (χ1n) is 10.1. The largest absolute Gasteiger partial charge is 0.378 e. The molecule has 0 radical (unpaired) electrons. The summed E-state index contributed by atoms with van der Waals surface area (Å²) in [5.74, 6) is -0.140. The van der Waals surface area contributed by atoms with Gasteiger partial charge in [0.25, 0.3) is 11.8 Å². The van der Waals surface area contributed by atoms with Gasteiger partial charge in [0, 0.05) is 30.2 Å². The zero-order chi connectivity index (χ0) is 21.8. The van der Waals surface area contributed by atoms with Gasteiger partial charge in [-0.05, 0) is 54.6 Å². The van der Waals surface area contributed by atoms with E-state index in [0.29, 0.717) is 59.2 Å². The van der Waals surface area contributed by atoms with Crippen molar-refractivity contribution in [2.75, 3.05) is 32.8 Å². The van der Waals surface area contributed by atoms with E-state index < -0.39 is 0 Å². The highest BCUT2D eigenvalue weighted by Gasteiger charge is 2.32. The Morgan fingerprint density at radius 2 is 1.97 bits per heavy atom. The fourth-order valence-corrected chi connectivity index (χ4v) is 4.62. The van der Waals surface area contributed by atoms with Gasteiger partial charge in [-0.3, -0.25) is 14.5 Å². The molecular formula is C23H22ClN3O3S. The smallest absolute Gasteiger partial charge is 0.266 e. The van der Waals surface area contributed by atoms with Gasteiger partial charge in [0.05, 0.1) is 23.8 Å². The third-order valence-electron chi connectivity index (χ3n) is 5.01. The minimum atomic E-state index is -0.105. The molecule has 2 saturated heterocycles.